The van der Waals surface area contributed by atoms with Gasteiger partial charge in [-0.05, 0) is 39.0 Å². The number of rotatable bonds is 5. The van der Waals surface area contributed by atoms with Crippen LogP contribution < -0.4 is 5.32 Å². The first kappa shape index (κ1) is 11.9. The van der Waals surface area contributed by atoms with Crippen LogP contribution in [0, 0.1) is 0 Å². The van der Waals surface area contributed by atoms with Gasteiger partial charge in [-0.1, -0.05) is 0 Å². The third-order valence-electron chi connectivity index (χ3n) is 3.36. The van der Waals surface area contributed by atoms with E-state index in [1.807, 2.05) is 4.90 Å². The van der Waals surface area contributed by atoms with Crippen LogP contribution in [-0.2, 0) is 4.79 Å². The Hall–Kier alpha value is -0.610. The van der Waals surface area contributed by atoms with E-state index in [4.69, 9.17) is 0 Å². The summed E-state index contributed by atoms with van der Waals surface area (Å²) in [5.74, 6) is 0.235. The lowest BCUT2D eigenvalue weighted by Gasteiger charge is -2.33. The van der Waals surface area contributed by atoms with Crippen LogP contribution in [0.25, 0.3) is 0 Å². The molecule has 1 saturated heterocycles. The fraction of sp³-hybridized carbons (Fsp3) is 0.917. The van der Waals surface area contributed by atoms with Crippen molar-refractivity contribution in [3.63, 3.8) is 0 Å². The standard InChI is InChI=1S/C12H22N2O2/c1-9(15)6-8-14-7-2-3-11(12(14)16)13-10-4-5-10/h9-11,13,15H,2-8H2,1H3. The van der Waals surface area contributed by atoms with E-state index in [1.165, 1.54) is 12.8 Å². The van der Waals surface area contributed by atoms with E-state index in [9.17, 15) is 9.90 Å². The molecule has 2 unspecified atom stereocenters. The Morgan fingerprint density at radius 2 is 2.25 bits per heavy atom. The molecule has 2 N–H and O–H groups in total. The van der Waals surface area contributed by atoms with Gasteiger partial charge in [0.25, 0.3) is 0 Å². The van der Waals surface area contributed by atoms with Crippen molar-refractivity contribution in [3.8, 4) is 0 Å². The molecule has 0 aromatic carbocycles. The summed E-state index contributed by atoms with van der Waals surface area (Å²) in [4.78, 5) is 14.0. The van der Waals surface area contributed by atoms with Crippen LogP contribution in [0.4, 0.5) is 0 Å². The molecule has 0 radical (unpaired) electrons. The Labute approximate surface area is 97.0 Å². The fourth-order valence-corrected chi connectivity index (χ4v) is 2.19. The van der Waals surface area contributed by atoms with Crippen LogP contribution in [0.15, 0.2) is 0 Å². The van der Waals surface area contributed by atoms with Gasteiger partial charge in [-0.15, -0.1) is 0 Å². The first-order valence-corrected chi connectivity index (χ1v) is 6.39. The van der Waals surface area contributed by atoms with Crippen molar-refractivity contribution < 1.29 is 9.90 Å². The van der Waals surface area contributed by atoms with Gasteiger partial charge in [0.1, 0.15) is 0 Å². The maximum atomic E-state index is 12.1. The third kappa shape index (κ3) is 3.19. The maximum Gasteiger partial charge on any atom is 0.239 e. The highest BCUT2D eigenvalue weighted by molar-refractivity contribution is 5.82. The molecule has 4 nitrogen and oxygen atoms in total. The van der Waals surface area contributed by atoms with Crippen LogP contribution in [0.5, 0.6) is 0 Å². The van der Waals surface area contributed by atoms with Gasteiger partial charge in [-0.2, -0.15) is 0 Å². The van der Waals surface area contributed by atoms with Crippen LogP contribution >= 0.6 is 0 Å². The zero-order valence-electron chi connectivity index (χ0n) is 9.98. The van der Waals surface area contributed by atoms with Crippen LogP contribution in [0.2, 0.25) is 0 Å². The van der Waals surface area contributed by atoms with Crippen molar-refractivity contribution >= 4 is 5.91 Å². The van der Waals surface area contributed by atoms with Crippen LogP contribution in [-0.4, -0.2) is 47.2 Å². The Kier molecular flexibility index (Phi) is 3.82. The highest BCUT2D eigenvalue weighted by Crippen LogP contribution is 2.22. The Balaban J connectivity index is 1.80. The van der Waals surface area contributed by atoms with E-state index in [1.54, 1.807) is 6.92 Å². The summed E-state index contributed by atoms with van der Waals surface area (Å²) >= 11 is 0. The molecule has 2 fully saturated rings. The number of likely N-dealkylation sites (tertiary alicyclic amines) is 1. The average molecular weight is 226 g/mol. The quantitative estimate of drug-likeness (QED) is 0.718. The average Bonchev–Trinajstić information content (AvgIpc) is 3.03. The summed E-state index contributed by atoms with van der Waals surface area (Å²) < 4.78 is 0. The molecule has 0 spiro atoms. The summed E-state index contributed by atoms with van der Waals surface area (Å²) in [6.07, 6.45) is 4.86. The summed E-state index contributed by atoms with van der Waals surface area (Å²) in [6, 6.07) is 0.626. The van der Waals surface area contributed by atoms with Gasteiger partial charge in [0, 0.05) is 19.1 Å². The molecule has 0 bridgehead atoms. The summed E-state index contributed by atoms with van der Waals surface area (Å²) in [5, 5.41) is 12.6. The van der Waals surface area contributed by atoms with Crippen LogP contribution in [0.1, 0.15) is 39.0 Å². The molecule has 1 amide bonds. The second-order valence-corrected chi connectivity index (χ2v) is 5.10. The fourth-order valence-electron chi connectivity index (χ4n) is 2.19. The van der Waals surface area contributed by atoms with E-state index >= 15 is 0 Å². The summed E-state index contributed by atoms with van der Waals surface area (Å²) in [5.41, 5.74) is 0. The molecule has 1 aliphatic carbocycles. The topological polar surface area (TPSA) is 52.6 Å². The Bertz CT molecular complexity index is 251. The molecule has 92 valence electrons. The maximum absolute atomic E-state index is 12.1. The van der Waals surface area contributed by atoms with Crippen molar-refractivity contribution in [3.05, 3.63) is 0 Å². The Morgan fingerprint density at radius 3 is 2.88 bits per heavy atom. The number of nitrogens with zero attached hydrogens (tertiary/aromatic N) is 1. The van der Waals surface area contributed by atoms with Gasteiger partial charge in [0.05, 0.1) is 12.1 Å². The van der Waals surface area contributed by atoms with E-state index in [2.05, 4.69) is 5.32 Å². The Morgan fingerprint density at radius 1 is 1.50 bits per heavy atom. The largest absolute Gasteiger partial charge is 0.393 e. The smallest absolute Gasteiger partial charge is 0.239 e. The number of carbonyl (C=O) groups excluding carboxylic acids is 1. The van der Waals surface area contributed by atoms with E-state index in [-0.39, 0.29) is 18.1 Å². The van der Waals surface area contributed by atoms with E-state index in [0.29, 0.717) is 19.0 Å². The molecular weight excluding hydrogens is 204 g/mol. The normalized spacial score (nSPS) is 28.2. The number of hydrogen-bond donors (Lipinski definition) is 2. The summed E-state index contributed by atoms with van der Waals surface area (Å²) in [7, 11) is 0. The SMILES string of the molecule is CC(O)CCN1CCCC(NC2CC2)C1=O. The molecule has 4 heteroatoms. The van der Waals surface area contributed by atoms with E-state index in [0.717, 1.165) is 19.4 Å². The second kappa shape index (κ2) is 5.15. The zero-order valence-corrected chi connectivity index (χ0v) is 9.98. The number of carbonyl (C=O) groups is 1. The molecule has 1 saturated carbocycles. The first-order chi connectivity index (χ1) is 7.66. The number of hydrogen-bond acceptors (Lipinski definition) is 3. The van der Waals surface area contributed by atoms with Gasteiger partial charge in [0.15, 0.2) is 0 Å². The predicted octanol–water partition coefficient (Wildman–Crippen LogP) is 0.500. The van der Waals surface area contributed by atoms with Gasteiger partial charge in [-0.25, -0.2) is 0 Å². The first-order valence-electron chi connectivity index (χ1n) is 6.39. The minimum Gasteiger partial charge on any atom is -0.393 e. The highest BCUT2D eigenvalue weighted by Gasteiger charge is 2.33. The van der Waals surface area contributed by atoms with Gasteiger partial charge in [-0.3, -0.25) is 4.79 Å². The van der Waals surface area contributed by atoms with Gasteiger partial charge >= 0.3 is 0 Å². The second-order valence-electron chi connectivity index (χ2n) is 5.10. The molecule has 16 heavy (non-hydrogen) atoms. The molecule has 2 atom stereocenters. The number of piperidine rings is 1. The van der Waals surface area contributed by atoms with Crippen LogP contribution in [0.3, 0.4) is 0 Å². The predicted molar refractivity (Wildman–Crippen MR) is 62.1 cm³/mol. The third-order valence-corrected chi connectivity index (χ3v) is 3.36. The van der Waals surface area contributed by atoms with Crippen molar-refractivity contribution in [1.82, 2.24) is 10.2 Å². The van der Waals surface area contributed by atoms with Crippen molar-refractivity contribution in [2.24, 2.45) is 0 Å². The minimum absolute atomic E-state index is 0.0373. The molecular formula is C12H22N2O2. The molecule has 1 heterocycles. The lowest BCUT2D eigenvalue weighted by Crippen LogP contribution is -2.51. The number of nitrogens with one attached hydrogen (secondary N) is 1. The lowest BCUT2D eigenvalue weighted by molar-refractivity contribution is -0.136. The zero-order chi connectivity index (χ0) is 11.5. The lowest BCUT2D eigenvalue weighted by atomic mass is 10.0. The summed E-state index contributed by atoms with van der Waals surface area (Å²) in [6.45, 7) is 3.32. The monoisotopic (exact) mass is 226 g/mol. The molecule has 2 aliphatic rings. The molecule has 2 rings (SSSR count). The molecule has 1 aliphatic heterocycles. The number of aliphatic hydroxyl groups excluding tert-OH is 1. The van der Waals surface area contributed by atoms with Gasteiger partial charge in [0.2, 0.25) is 5.91 Å². The van der Waals surface area contributed by atoms with Crippen molar-refractivity contribution in [2.45, 2.75) is 57.2 Å². The minimum atomic E-state index is -0.315. The van der Waals surface area contributed by atoms with Gasteiger partial charge < -0.3 is 15.3 Å². The van der Waals surface area contributed by atoms with Crippen molar-refractivity contribution in [1.29, 1.82) is 0 Å². The molecule has 0 aromatic heterocycles. The molecule has 0 aromatic rings. The van der Waals surface area contributed by atoms with Crippen molar-refractivity contribution in [2.75, 3.05) is 13.1 Å². The highest BCUT2D eigenvalue weighted by atomic mass is 16.3. The number of amides is 1. The van der Waals surface area contributed by atoms with E-state index < -0.39 is 0 Å². The number of aliphatic hydroxyl groups is 1.